The molecule has 4 nitrogen and oxygen atoms in total. The van der Waals surface area contributed by atoms with Crippen molar-refractivity contribution in [3.8, 4) is 16.9 Å². The van der Waals surface area contributed by atoms with Crippen molar-refractivity contribution in [3.05, 3.63) is 53.1 Å². The minimum absolute atomic E-state index is 0.322. The first-order chi connectivity index (χ1) is 10.2. The molecule has 0 unspecified atom stereocenters. The van der Waals surface area contributed by atoms with E-state index in [-0.39, 0.29) is 0 Å². The van der Waals surface area contributed by atoms with E-state index < -0.39 is 6.09 Å². The number of carbonyl (C=O) groups is 1. The average Bonchev–Trinajstić information content (AvgIpc) is 2.70. The highest BCUT2D eigenvalue weighted by Gasteiger charge is 2.22. The van der Waals surface area contributed by atoms with Crippen molar-refractivity contribution in [1.29, 1.82) is 0 Å². The van der Waals surface area contributed by atoms with Crippen LogP contribution in [0.3, 0.4) is 0 Å². The topological polar surface area (TPSA) is 49.8 Å². The Morgan fingerprint density at radius 2 is 1.90 bits per heavy atom. The molecule has 0 aromatic heterocycles. The Morgan fingerprint density at radius 3 is 2.67 bits per heavy atom. The number of ether oxygens (including phenoxy) is 1. The van der Waals surface area contributed by atoms with Crippen LogP contribution in [0.2, 0.25) is 5.02 Å². The summed E-state index contributed by atoms with van der Waals surface area (Å²) in [6.45, 7) is 1.01. The molecule has 0 fully saturated rings. The Bertz CT molecular complexity index is 687. The first-order valence-corrected chi connectivity index (χ1v) is 7.02. The monoisotopic (exact) mass is 303 g/mol. The number of hydrogen-bond acceptors (Lipinski definition) is 2. The lowest BCUT2D eigenvalue weighted by molar-refractivity contribution is 0.138. The second-order valence-electron chi connectivity index (χ2n) is 4.83. The fourth-order valence-corrected chi connectivity index (χ4v) is 2.71. The number of amides is 1. The lowest BCUT2D eigenvalue weighted by Gasteiger charge is -2.15. The van der Waals surface area contributed by atoms with Crippen LogP contribution in [0.5, 0.6) is 5.75 Å². The number of nitrogens with zero attached hydrogens (tertiary/aromatic N) is 1. The van der Waals surface area contributed by atoms with Crippen molar-refractivity contribution in [2.45, 2.75) is 6.54 Å². The fraction of sp³-hybridized carbons (Fsp3) is 0.188. The maximum Gasteiger partial charge on any atom is 0.407 e. The first kappa shape index (κ1) is 13.8. The van der Waals surface area contributed by atoms with Gasteiger partial charge in [0.15, 0.2) is 0 Å². The van der Waals surface area contributed by atoms with E-state index in [1.165, 1.54) is 4.90 Å². The van der Waals surface area contributed by atoms with Crippen molar-refractivity contribution in [2.24, 2.45) is 0 Å². The smallest absolute Gasteiger partial charge is 0.407 e. The van der Waals surface area contributed by atoms with Crippen LogP contribution < -0.4 is 4.74 Å². The summed E-state index contributed by atoms with van der Waals surface area (Å²) in [5, 5.41) is 9.82. The normalized spacial score (nSPS) is 14.0. The predicted molar refractivity (Wildman–Crippen MR) is 80.8 cm³/mol. The summed E-state index contributed by atoms with van der Waals surface area (Å²) in [5.74, 6) is 0.717. The zero-order chi connectivity index (χ0) is 14.8. The zero-order valence-electron chi connectivity index (χ0n) is 11.3. The number of fused-ring (bicyclic) bond motifs is 1. The third-order valence-corrected chi connectivity index (χ3v) is 3.83. The van der Waals surface area contributed by atoms with Gasteiger partial charge in [-0.15, -0.1) is 0 Å². The van der Waals surface area contributed by atoms with Gasteiger partial charge in [0, 0.05) is 21.7 Å². The van der Waals surface area contributed by atoms with E-state index >= 15 is 0 Å². The quantitative estimate of drug-likeness (QED) is 0.870. The van der Waals surface area contributed by atoms with Gasteiger partial charge in [-0.25, -0.2) is 4.79 Å². The Balaban J connectivity index is 2.08. The van der Waals surface area contributed by atoms with Crippen LogP contribution in [0.4, 0.5) is 4.79 Å². The van der Waals surface area contributed by atoms with Gasteiger partial charge in [0.2, 0.25) is 0 Å². The van der Waals surface area contributed by atoms with Crippen LogP contribution in [0.15, 0.2) is 42.5 Å². The van der Waals surface area contributed by atoms with Crippen LogP contribution in [-0.4, -0.2) is 29.3 Å². The van der Waals surface area contributed by atoms with Gasteiger partial charge in [0.1, 0.15) is 12.4 Å². The summed E-state index contributed by atoms with van der Waals surface area (Å²) < 4.78 is 5.81. The Kier molecular flexibility index (Phi) is 3.71. The third kappa shape index (κ3) is 2.67. The minimum Gasteiger partial charge on any atom is -0.491 e. The first-order valence-electron chi connectivity index (χ1n) is 6.64. The highest BCUT2D eigenvalue weighted by Crippen LogP contribution is 2.38. The standard InChI is InChI=1S/C16H14ClNO3/c17-14-7-2-1-5-12(14)13-6-3-4-11-10-18(16(19)20)8-9-21-15(11)13/h1-7H,8-10H2,(H,19,20). The molecule has 2 aromatic carbocycles. The highest BCUT2D eigenvalue weighted by atomic mass is 35.5. The van der Waals surface area contributed by atoms with Crippen LogP contribution in [-0.2, 0) is 6.54 Å². The van der Waals surface area contributed by atoms with E-state index in [1.54, 1.807) is 0 Å². The maximum atomic E-state index is 11.2. The number of rotatable bonds is 1. The molecule has 3 rings (SSSR count). The second-order valence-corrected chi connectivity index (χ2v) is 5.23. The number of hydrogen-bond donors (Lipinski definition) is 1. The van der Waals surface area contributed by atoms with Gasteiger partial charge in [-0.05, 0) is 6.07 Å². The van der Waals surface area contributed by atoms with E-state index in [0.29, 0.717) is 30.5 Å². The number of para-hydroxylation sites is 1. The van der Waals surface area contributed by atoms with Gasteiger partial charge in [0.25, 0.3) is 0 Å². The van der Waals surface area contributed by atoms with Crippen molar-refractivity contribution >= 4 is 17.7 Å². The Hall–Kier alpha value is -2.20. The maximum absolute atomic E-state index is 11.2. The minimum atomic E-state index is -0.936. The second kappa shape index (κ2) is 5.66. The molecule has 0 saturated carbocycles. The predicted octanol–water partition coefficient (Wildman–Crippen LogP) is 3.88. The van der Waals surface area contributed by atoms with Crippen molar-refractivity contribution in [1.82, 2.24) is 4.90 Å². The molecule has 5 heteroatoms. The van der Waals surface area contributed by atoms with Crippen molar-refractivity contribution < 1.29 is 14.6 Å². The van der Waals surface area contributed by atoms with E-state index in [9.17, 15) is 4.79 Å². The summed E-state index contributed by atoms with van der Waals surface area (Å²) >= 11 is 6.26. The average molecular weight is 304 g/mol. The van der Waals surface area contributed by atoms with Gasteiger partial charge in [-0.1, -0.05) is 48.0 Å². The third-order valence-electron chi connectivity index (χ3n) is 3.50. The summed E-state index contributed by atoms with van der Waals surface area (Å²) in [6.07, 6.45) is -0.936. The van der Waals surface area contributed by atoms with Crippen LogP contribution in [0, 0.1) is 0 Å². The van der Waals surface area contributed by atoms with Gasteiger partial charge in [-0.3, -0.25) is 0 Å². The molecule has 108 valence electrons. The molecule has 1 N–H and O–H groups in total. The Labute approximate surface area is 127 Å². The number of halogens is 1. The SMILES string of the molecule is O=C(O)N1CCOc2c(cccc2-c2ccccc2Cl)C1. The van der Waals surface area contributed by atoms with E-state index in [2.05, 4.69) is 0 Å². The molecule has 1 heterocycles. The molecular formula is C16H14ClNO3. The van der Waals surface area contributed by atoms with E-state index in [0.717, 1.165) is 16.7 Å². The summed E-state index contributed by atoms with van der Waals surface area (Å²) in [6, 6.07) is 13.3. The van der Waals surface area contributed by atoms with Gasteiger partial charge >= 0.3 is 6.09 Å². The van der Waals surface area contributed by atoms with Crippen LogP contribution >= 0.6 is 11.6 Å². The molecule has 1 aliphatic rings. The summed E-state index contributed by atoms with van der Waals surface area (Å²) in [4.78, 5) is 12.5. The highest BCUT2D eigenvalue weighted by molar-refractivity contribution is 6.33. The van der Waals surface area contributed by atoms with Crippen molar-refractivity contribution in [2.75, 3.05) is 13.2 Å². The molecule has 0 spiro atoms. The van der Waals surface area contributed by atoms with Crippen molar-refractivity contribution in [3.63, 3.8) is 0 Å². The molecule has 0 bridgehead atoms. The van der Waals surface area contributed by atoms with Gasteiger partial charge in [0.05, 0.1) is 13.1 Å². The molecule has 1 aliphatic heterocycles. The van der Waals surface area contributed by atoms with Crippen LogP contribution in [0.1, 0.15) is 5.56 Å². The lowest BCUT2D eigenvalue weighted by Crippen LogP contribution is -2.30. The largest absolute Gasteiger partial charge is 0.491 e. The molecule has 2 aromatic rings. The number of carboxylic acid groups (broad SMARTS) is 1. The molecule has 1 amide bonds. The fourth-order valence-electron chi connectivity index (χ4n) is 2.48. The van der Waals surface area contributed by atoms with Crippen LogP contribution in [0.25, 0.3) is 11.1 Å². The van der Waals surface area contributed by atoms with E-state index in [4.69, 9.17) is 21.4 Å². The molecule has 21 heavy (non-hydrogen) atoms. The molecule has 0 aliphatic carbocycles. The lowest BCUT2D eigenvalue weighted by atomic mass is 10.0. The summed E-state index contributed by atoms with van der Waals surface area (Å²) in [5.41, 5.74) is 2.64. The van der Waals surface area contributed by atoms with E-state index in [1.807, 2.05) is 42.5 Å². The van der Waals surface area contributed by atoms with Gasteiger partial charge < -0.3 is 14.7 Å². The molecule has 0 saturated heterocycles. The molecule has 0 atom stereocenters. The van der Waals surface area contributed by atoms with Gasteiger partial charge in [-0.2, -0.15) is 0 Å². The Morgan fingerprint density at radius 1 is 1.14 bits per heavy atom. The number of benzene rings is 2. The zero-order valence-corrected chi connectivity index (χ0v) is 12.0. The molecule has 0 radical (unpaired) electrons. The summed E-state index contributed by atoms with van der Waals surface area (Å²) in [7, 11) is 0. The molecular weight excluding hydrogens is 290 g/mol.